The third-order valence-electron chi connectivity index (χ3n) is 3.51. The number of aromatic nitrogens is 1. The van der Waals surface area contributed by atoms with Crippen LogP contribution in [0.25, 0.3) is 0 Å². The molecule has 26 heavy (non-hydrogen) atoms. The molecule has 2 aromatic rings. The highest BCUT2D eigenvalue weighted by Gasteiger charge is 2.12. The molecule has 0 aliphatic heterocycles. The van der Waals surface area contributed by atoms with Crippen LogP contribution in [0, 0.1) is 0 Å². The quantitative estimate of drug-likeness (QED) is 0.706. The van der Waals surface area contributed by atoms with Gasteiger partial charge < -0.3 is 15.5 Å². The Balaban J connectivity index is 1.99. The number of halogens is 2. The van der Waals surface area contributed by atoms with Crippen molar-refractivity contribution in [3.8, 4) is 0 Å². The summed E-state index contributed by atoms with van der Waals surface area (Å²) in [6.07, 6.45) is 3.66. The minimum absolute atomic E-state index is 0.263. The number of rotatable bonds is 7. The van der Waals surface area contributed by atoms with Crippen molar-refractivity contribution in [3.63, 3.8) is 0 Å². The lowest BCUT2D eigenvalue weighted by Gasteiger charge is -2.10. The first-order valence-corrected chi connectivity index (χ1v) is 8.77. The van der Waals surface area contributed by atoms with Crippen LogP contribution in [-0.4, -0.2) is 48.9 Å². The van der Waals surface area contributed by atoms with Crippen molar-refractivity contribution in [1.82, 2.24) is 15.2 Å². The molecular formula is C18H20Cl2N4O2. The second-order valence-corrected chi connectivity index (χ2v) is 6.77. The zero-order valence-corrected chi connectivity index (χ0v) is 16.1. The van der Waals surface area contributed by atoms with Gasteiger partial charge in [-0.3, -0.25) is 14.6 Å². The summed E-state index contributed by atoms with van der Waals surface area (Å²) in [5, 5.41) is 6.26. The van der Waals surface area contributed by atoms with Gasteiger partial charge in [0.15, 0.2) is 0 Å². The van der Waals surface area contributed by atoms with Crippen LogP contribution in [0.15, 0.2) is 36.7 Å². The molecule has 1 heterocycles. The van der Waals surface area contributed by atoms with E-state index in [9.17, 15) is 9.59 Å². The molecule has 0 saturated carbocycles. The summed E-state index contributed by atoms with van der Waals surface area (Å²) in [5.74, 6) is -0.654. The lowest BCUT2D eigenvalue weighted by Crippen LogP contribution is -2.27. The predicted octanol–water partition coefficient (Wildman–Crippen LogP) is 3.32. The molecule has 138 valence electrons. The van der Waals surface area contributed by atoms with E-state index in [2.05, 4.69) is 15.6 Å². The molecule has 2 rings (SSSR count). The summed E-state index contributed by atoms with van der Waals surface area (Å²) in [6.45, 7) is 1.43. The maximum Gasteiger partial charge on any atom is 0.257 e. The fourth-order valence-electron chi connectivity index (χ4n) is 2.16. The number of hydrogen-bond donors (Lipinski definition) is 2. The molecule has 0 atom stereocenters. The third-order valence-corrected chi connectivity index (χ3v) is 4.25. The third kappa shape index (κ3) is 5.98. The Bertz CT molecular complexity index is 797. The SMILES string of the molecule is CN(C)CCCNC(=O)c1cncc(C(=O)Nc2ccc(Cl)c(Cl)c2)c1. The number of nitrogens with one attached hydrogen (secondary N) is 2. The number of carbonyl (C=O) groups is 2. The van der Waals surface area contributed by atoms with Gasteiger partial charge in [-0.1, -0.05) is 23.2 Å². The molecule has 0 spiro atoms. The molecule has 0 saturated heterocycles. The Morgan fingerprint density at radius 3 is 2.38 bits per heavy atom. The molecule has 8 heteroatoms. The molecule has 1 aromatic carbocycles. The number of nitrogens with zero attached hydrogens (tertiary/aromatic N) is 2. The van der Waals surface area contributed by atoms with E-state index in [0.717, 1.165) is 13.0 Å². The summed E-state index contributed by atoms with van der Waals surface area (Å²) in [4.78, 5) is 30.6. The van der Waals surface area contributed by atoms with E-state index in [1.54, 1.807) is 18.2 Å². The molecule has 0 aliphatic carbocycles. The van der Waals surface area contributed by atoms with Crippen LogP contribution in [-0.2, 0) is 0 Å². The highest BCUT2D eigenvalue weighted by molar-refractivity contribution is 6.42. The molecule has 1 aromatic heterocycles. The Hall–Kier alpha value is -2.15. The van der Waals surface area contributed by atoms with Crippen molar-refractivity contribution < 1.29 is 9.59 Å². The number of benzene rings is 1. The van der Waals surface area contributed by atoms with Crippen molar-refractivity contribution in [2.45, 2.75) is 6.42 Å². The van der Waals surface area contributed by atoms with E-state index in [4.69, 9.17) is 23.2 Å². The minimum Gasteiger partial charge on any atom is -0.352 e. The maximum absolute atomic E-state index is 12.4. The van der Waals surface area contributed by atoms with Gasteiger partial charge >= 0.3 is 0 Å². The van der Waals surface area contributed by atoms with Gasteiger partial charge in [-0.15, -0.1) is 0 Å². The molecule has 0 aliphatic rings. The molecule has 0 bridgehead atoms. The van der Waals surface area contributed by atoms with Crippen molar-refractivity contribution in [3.05, 3.63) is 57.8 Å². The van der Waals surface area contributed by atoms with E-state index in [1.165, 1.54) is 18.5 Å². The van der Waals surface area contributed by atoms with E-state index < -0.39 is 5.91 Å². The lowest BCUT2D eigenvalue weighted by atomic mass is 10.1. The Morgan fingerprint density at radius 2 is 1.73 bits per heavy atom. The summed E-state index contributed by atoms with van der Waals surface area (Å²) in [6, 6.07) is 6.29. The van der Waals surface area contributed by atoms with Gasteiger partial charge in [0.05, 0.1) is 21.2 Å². The summed E-state index contributed by atoms with van der Waals surface area (Å²) in [5.41, 5.74) is 1.11. The lowest BCUT2D eigenvalue weighted by molar-refractivity contribution is 0.0952. The zero-order valence-electron chi connectivity index (χ0n) is 14.6. The van der Waals surface area contributed by atoms with E-state index >= 15 is 0 Å². The highest BCUT2D eigenvalue weighted by Crippen LogP contribution is 2.25. The molecule has 0 radical (unpaired) electrons. The molecule has 6 nitrogen and oxygen atoms in total. The number of anilines is 1. The predicted molar refractivity (Wildman–Crippen MR) is 104 cm³/mol. The standard InChI is InChI=1S/C18H20Cl2N4O2/c1-24(2)7-3-6-22-17(25)12-8-13(11-21-10-12)18(26)23-14-4-5-15(19)16(20)9-14/h4-5,8-11H,3,6-7H2,1-2H3,(H,22,25)(H,23,26). The van der Waals surface area contributed by atoms with Crippen molar-refractivity contribution in [1.29, 1.82) is 0 Å². The number of amides is 2. The van der Waals surface area contributed by atoms with Gasteiger partial charge in [-0.05, 0) is 51.3 Å². The van der Waals surface area contributed by atoms with Gasteiger partial charge in [0.1, 0.15) is 0 Å². The largest absolute Gasteiger partial charge is 0.352 e. The Morgan fingerprint density at radius 1 is 1.04 bits per heavy atom. The normalized spacial score (nSPS) is 10.7. The minimum atomic E-state index is -0.391. The molecule has 2 N–H and O–H groups in total. The smallest absolute Gasteiger partial charge is 0.257 e. The van der Waals surface area contributed by atoms with E-state index in [-0.39, 0.29) is 11.5 Å². The second-order valence-electron chi connectivity index (χ2n) is 5.96. The fraction of sp³-hybridized carbons (Fsp3) is 0.278. The van der Waals surface area contributed by atoms with Gasteiger partial charge in [0, 0.05) is 24.6 Å². The van der Waals surface area contributed by atoms with Crippen LogP contribution in [0.3, 0.4) is 0 Å². The number of carbonyl (C=O) groups excluding carboxylic acids is 2. The zero-order chi connectivity index (χ0) is 19.1. The highest BCUT2D eigenvalue weighted by atomic mass is 35.5. The van der Waals surface area contributed by atoms with Crippen LogP contribution in [0.4, 0.5) is 5.69 Å². The molecule has 2 amide bonds. The Kier molecular flexibility index (Phi) is 7.38. The average Bonchev–Trinajstić information content (AvgIpc) is 2.61. The molecule has 0 fully saturated rings. The van der Waals surface area contributed by atoms with Crippen molar-refractivity contribution in [2.75, 3.05) is 32.5 Å². The van der Waals surface area contributed by atoms with Crippen LogP contribution >= 0.6 is 23.2 Å². The average molecular weight is 395 g/mol. The first-order valence-electron chi connectivity index (χ1n) is 8.01. The monoisotopic (exact) mass is 394 g/mol. The fourth-order valence-corrected chi connectivity index (χ4v) is 2.46. The number of pyridine rings is 1. The second kappa shape index (κ2) is 9.52. The van der Waals surface area contributed by atoms with Crippen molar-refractivity contribution >= 4 is 40.7 Å². The van der Waals surface area contributed by atoms with Crippen LogP contribution in [0.1, 0.15) is 27.1 Å². The van der Waals surface area contributed by atoms with Crippen LogP contribution < -0.4 is 10.6 Å². The van der Waals surface area contributed by atoms with E-state index in [0.29, 0.717) is 27.8 Å². The van der Waals surface area contributed by atoms with Gasteiger partial charge in [0.25, 0.3) is 11.8 Å². The van der Waals surface area contributed by atoms with E-state index in [1.807, 2.05) is 19.0 Å². The summed E-state index contributed by atoms with van der Waals surface area (Å²) in [7, 11) is 3.95. The van der Waals surface area contributed by atoms with Crippen LogP contribution in [0.2, 0.25) is 10.0 Å². The van der Waals surface area contributed by atoms with Gasteiger partial charge in [-0.2, -0.15) is 0 Å². The number of hydrogen-bond acceptors (Lipinski definition) is 4. The first-order chi connectivity index (χ1) is 12.4. The van der Waals surface area contributed by atoms with Crippen LogP contribution in [0.5, 0.6) is 0 Å². The molecular weight excluding hydrogens is 375 g/mol. The summed E-state index contributed by atoms with van der Waals surface area (Å²) < 4.78 is 0. The Labute approximate surface area is 162 Å². The topological polar surface area (TPSA) is 74.3 Å². The van der Waals surface area contributed by atoms with Crippen molar-refractivity contribution in [2.24, 2.45) is 0 Å². The summed E-state index contributed by atoms with van der Waals surface area (Å²) >= 11 is 11.8. The van der Waals surface area contributed by atoms with Gasteiger partial charge in [-0.25, -0.2) is 0 Å². The maximum atomic E-state index is 12.4. The molecule has 0 unspecified atom stereocenters. The first kappa shape index (κ1) is 20.2. The van der Waals surface area contributed by atoms with Gasteiger partial charge in [0.2, 0.25) is 0 Å².